The lowest BCUT2D eigenvalue weighted by atomic mass is 9.92. The Hall–Kier alpha value is -6.71. The number of hydrogen-bond acceptors (Lipinski definition) is 0. The number of fused-ring (bicyclic) bond motifs is 9. The first-order chi connectivity index (χ1) is 26.1. The molecule has 0 atom stereocenters. The Balaban J connectivity index is 1.17. The van der Waals surface area contributed by atoms with Crippen molar-refractivity contribution in [2.75, 3.05) is 0 Å². The molecular weight excluding hydrogens is 640 g/mol. The number of benzene rings is 8. The van der Waals surface area contributed by atoms with Crippen LogP contribution in [0.5, 0.6) is 0 Å². The van der Waals surface area contributed by atoms with Gasteiger partial charge in [-0.05, 0) is 95.6 Å². The molecule has 8 aromatic carbocycles. The third-order valence-electron chi connectivity index (χ3n) is 11.1. The minimum Gasteiger partial charge on any atom is -0.354 e. The van der Waals surface area contributed by atoms with Crippen molar-refractivity contribution in [3.8, 4) is 33.6 Å². The van der Waals surface area contributed by atoms with Crippen molar-refractivity contribution in [2.45, 2.75) is 0 Å². The van der Waals surface area contributed by atoms with E-state index in [-0.39, 0.29) is 0 Å². The largest absolute Gasteiger partial charge is 0.354 e. The van der Waals surface area contributed by atoms with Crippen molar-refractivity contribution < 1.29 is 0 Å². The van der Waals surface area contributed by atoms with Crippen LogP contribution in [0.3, 0.4) is 0 Å². The van der Waals surface area contributed by atoms with Gasteiger partial charge in [-0.3, -0.25) is 0 Å². The summed E-state index contributed by atoms with van der Waals surface area (Å²) < 4.78 is 4.79. The molecule has 246 valence electrons. The van der Waals surface area contributed by atoms with E-state index in [1.165, 1.54) is 98.9 Å². The molecule has 0 saturated heterocycles. The summed E-state index contributed by atoms with van der Waals surface area (Å²) >= 11 is 0. The quantitative estimate of drug-likeness (QED) is 0.180. The predicted molar refractivity (Wildman–Crippen MR) is 232 cm³/mol. The molecule has 0 aliphatic rings. The maximum absolute atomic E-state index is 3.82. The summed E-state index contributed by atoms with van der Waals surface area (Å²) in [7, 11) is 4.36. The molecule has 0 fully saturated rings. The average Bonchev–Trinajstić information content (AvgIpc) is 3.85. The summed E-state index contributed by atoms with van der Waals surface area (Å²) in [6, 6.07) is 62.5. The van der Waals surface area contributed by atoms with Crippen LogP contribution in [0.4, 0.5) is 0 Å². The molecule has 3 aromatic heterocycles. The van der Waals surface area contributed by atoms with Crippen molar-refractivity contribution >= 4 is 92.0 Å². The Morgan fingerprint density at radius 1 is 0.358 bits per heavy atom. The summed E-state index contributed by atoms with van der Waals surface area (Å²) in [6.07, 6.45) is 0. The Bertz CT molecular complexity index is 3240. The average molecular weight is 673 g/mol. The molecule has 3 nitrogen and oxygen atoms in total. The summed E-state index contributed by atoms with van der Waals surface area (Å²) in [4.78, 5) is 3.82. The summed E-state index contributed by atoms with van der Waals surface area (Å²) in [5.74, 6) is 0. The molecular formula is C48H33B2N3. The Kier molecular flexibility index (Phi) is 6.44. The van der Waals surface area contributed by atoms with Crippen LogP contribution in [0.25, 0.3) is 99.0 Å². The zero-order valence-electron chi connectivity index (χ0n) is 29.6. The monoisotopic (exact) mass is 673 g/mol. The van der Waals surface area contributed by atoms with Gasteiger partial charge in [0.1, 0.15) is 15.7 Å². The second-order valence-electron chi connectivity index (χ2n) is 14.5. The van der Waals surface area contributed by atoms with Crippen LogP contribution in [0.1, 0.15) is 0 Å². The number of aromatic nitrogens is 3. The second kappa shape index (κ2) is 11.4. The molecule has 5 heteroatoms. The molecule has 0 aliphatic heterocycles. The Morgan fingerprint density at radius 3 is 1.43 bits per heavy atom. The zero-order valence-corrected chi connectivity index (χ0v) is 29.6. The molecule has 1 N–H and O–H groups in total. The fourth-order valence-electron chi connectivity index (χ4n) is 8.68. The molecule has 0 amide bonds. The molecule has 53 heavy (non-hydrogen) atoms. The maximum atomic E-state index is 3.82. The second-order valence-corrected chi connectivity index (χ2v) is 14.5. The highest BCUT2D eigenvalue weighted by Crippen LogP contribution is 2.42. The van der Waals surface area contributed by atoms with Gasteiger partial charge in [0.15, 0.2) is 0 Å². The molecule has 0 radical (unpaired) electrons. The van der Waals surface area contributed by atoms with E-state index in [1.54, 1.807) is 0 Å². The fraction of sp³-hybridized carbons (Fsp3) is 0. The number of aromatic amines is 1. The molecule has 3 heterocycles. The maximum Gasteiger partial charge on any atom is 0.139 e. The van der Waals surface area contributed by atoms with Crippen molar-refractivity contribution in [1.29, 1.82) is 0 Å². The minimum absolute atomic E-state index is 1.15. The molecule has 0 aliphatic carbocycles. The van der Waals surface area contributed by atoms with Crippen LogP contribution in [-0.4, -0.2) is 29.8 Å². The van der Waals surface area contributed by atoms with Crippen molar-refractivity contribution in [1.82, 2.24) is 14.1 Å². The Morgan fingerprint density at radius 2 is 0.830 bits per heavy atom. The van der Waals surface area contributed by atoms with Gasteiger partial charge in [0.25, 0.3) is 0 Å². The van der Waals surface area contributed by atoms with Gasteiger partial charge in [0, 0.05) is 54.8 Å². The van der Waals surface area contributed by atoms with Gasteiger partial charge in [0.2, 0.25) is 0 Å². The van der Waals surface area contributed by atoms with Gasteiger partial charge in [0.05, 0.1) is 27.6 Å². The first kappa shape index (κ1) is 30.0. The van der Waals surface area contributed by atoms with Gasteiger partial charge in [-0.25, -0.2) is 0 Å². The highest BCUT2D eigenvalue weighted by Gasteiger charge is 2.19. The van der Waals surface area contributed by atoms with E-state index in [0.717, 1.165) is 11.0 Å². The number of H-pyrrole nitrogens is 1. The Labute approximate surface area is 308 Å². The summed E-state index contributed by atoms with van der Waals surface area (Å²) in [5, 5.41) is 7.53. The SMILES string of the molecule is Bc1ccc2c(c1)c1cc(-c3cc(-c4ccc5c(c4)c4cc(B)ccc4n5-c4ccccc4)c4[nH]c5ccccc5c4c3)ccc1n2-c1ccccc1. The van der Waals surface area contributed by atoms with Gasteiger partial charge < -0.3 is 14.1 Å². The van der Waals surface area contributed by atoms with E-state index in [1.807, 2.05) is 0 Å². The number of hydrogen-bond donors (Lipinski definition) is 1. The topological polar surface area (TPSA) is 25.6 Å². The molecule has 0 saturated carbocycles. The zero-order chi connectivity index (χ0) is 35.2. The van der Waals surface area contributed by atoms with E-state index < -0.39 is 0 Å². The van der Waals surface area contributed by atoms with E-state index in [4.69, 9.17) is 0 Å². The summed E-state index contributed by atoms with van der Waals surface area (Å²) in [5.41, 5.74) is 16.8. The van der Waals surface area contributed by atoms with E-state index in [0.29, 0.717) is 0 Å². The predicted octanol–water partition coefficient (Wildman–Crippen LogP) is 9.37. The van der Waals surface area contributed by atoms with Crippen molar-refractivity contribution in [3.63, 3.8) is 0 Å². The van der Waals surface area contributed by atoms with E-state index in [9.17, 15) is 0 Å². The normalized spacial score (nSPS) is 11.9. The van der Waals surface area contributed by atoms with Gasteiger partial charge in [-0.1, -0.05) is 102 Å². The van der Waals surface area contributed by atoms with Crippen molar-refractivity contribution in [3.05, 3.63) is 170 Å². The van der Waals surface area contributed by atoms with E-state index in [2.05, 4.69) is 200 Å². The standard InChI is InChI=1S/C48H33B2N3/c49-32-17-21-46-40(27-32)38-23-29(15-19-44(38)52(46)34-9-3-1-4-10-34)31-25-37(48-42(26-31)36-13-7-8-14-43(36)51-48)30-16-20-45-39(24-30)41-28-33(50)18-22-47(41)53(45)35-11-5-2-6-12-35/h1-28,51H,49-50H2. The van der Waals surface area contributed by atoms with Crippen LogP contribution >= 0.6 is 0 Å². The lowest BCUT2D eigenvalue weighted by Gasteiger charge is -2.11. The highest BCUT2D eigenvalue weighted by molar-refractivity contribution is 6.34. The van der Waals surface area contributed by atoms with E-state index >= 15 is 0 Å². The minimum atomic E-state index is 1.15. The van der Waals surface area contributed by atoms with Crippen LogP contribution in [0, 0.1) is 0 Å². The number of para-hydroxylation sites is 3. The van der Waals surface area contributed by atoms with Crippen LogP contribution in [0.15, 0.2) is 170 Å². The van der Waals surface area contributed by atoms with Gasteiger partial charge in [-0.2, -0.15) is 0 Å². The number of rotatable bonds is 4. The molecule has 0 bridgehead atoms. The molecule has 0 unspecified atom stereocenters. The molecule has 0 spiro atoms. The van der Waals surface area contributed by atoms with Crippen LogP contribution < -0.4 is 10.9 Å². The highest BCUT2D eigenvalue weighted by atomic mass is 15.0. The van der Waals surface area contributed by atoms with Crippen LogP contribution in [0.2, 0.25) is 0 Å². The van der Waals surface area contributed by atoms with Crippen molar-refractivity contribution in [2.24, 2.45) is 0 Å². The third-order valence-corrected chi connectivity index (χ3v) is 11.1. The number of nitrogens with zero attached hydrogens (tertiary/aromatic N) is 2. The smallest absolute Gasteiger partial charge is 0.139 e. The molecule has 11 aromatic rings. The lowest BCUT2D eigenvalue weighted by Crippen LogP contribution is -2.00. The lowest BCUT2D eigenvalue weighted by molar-refractivity contribution is 1.18. The van der Waals surface area contributed by atoms with Gasteiger partial charge in [-0.15, -0.1) is 0 Å². The molecule has 11 rings (SSSR count). The summed E-state index contributed by atoms with van der Waals surface area (Å²) in [6.45, 7) is 0. The van der Waals surface area contributed by atoms with Crippen LogP contribution in [-0.2, 0) is 0 Å². The first-order valence-electron chi connectivity index (χ1n) is 18.3. The first-order valence-corrected chi connectivity index (χ1v) is 18.3. The van der Waals surface area contributed by atoms with Gasteiger partial charge >= 0.3 is 0 Å². The third kappa shape index (κ3) is 4.57. The fourth-order valence-corrected chi connectivity index (χ4v) is 8.68. The number of nitrogens with one attached hydrogen (secondary N) is 1.